The molecule has 0 aliphatic carbocycles. The van der Waals surface area contributed by atoms with Gasteiger partial charge in [-0.3, -0.25) is 18.3 Å². The topological polar surface area (TPSA) is 66.2 Å². The van der Waals surface area contributed by atoms with Gasteiger partial charge in [0.25, 0.3) is 5.56 Å². The van der Waals surface area contributed by atoms with E-state index in [4.69, 9.17) is 0 Å². The van der Waals surface area contributed by atoms with Crippen molar-refractivity contribution < 1.29 is 4.39 Å². The van der Waals surface area contributed by atoms with Crippen LogP contribution in [0.3, 0.4) is 0 Å². The molecule has 3 aromatic heterocycles. The van der Waals surface area contributed by atoms with E-state index in [2.05, 4.69) is 4.98 Å². The average Bonchev–Trinajstić information content (AvgIpc) is 3.12. The van der Waals surface area contributed by atoms with Gasteiger partial charge >= 0.3 is 5.69 Å². The molecule has 4 aromatic rings. The highest BCUT2D eigenvalue weighted by Crippen LogP contribution is 2.16. The van der Waals surface area contributed by atoms with E-state index in [0.29, 0.717) is 29.0 Å². The molecule has 0 aliphatic heterocycles. The minimum atomic E-state index is -0.452. The Morgan fingerprint density at radius 3 is 2.46 bits per heavy atom. The van der Waals surface area contributed by atoms with Crippen molar-refractivity contribution in [1.82, 2.24) is 23.1 Å². The highest BCUT2D eigenvalue weighted by atomic mass is 19.1. The molecular weight excluding hydrogens is 337 g/mol. The number of imidazole rings is 2. The third-order valence-electron chi connectivity index (χ3n) is 4.71. The maximum Gasteiger partial charge on any atom is 0.332 e. The summed E-state index contributed by atoms with van der Waals surface area (Å²) < 4.78 is 19.4. The van der Waals surface area contributed by atoms with E-state index in [9.17, 15) is 14.0 Å². The van der Waals surface area contributed by atoms with Crippen molar-refractivity contribution in [3.8, 4) is 0 Å². The molecule has 0 unspecified atom stereocenters. The van der Waals surface area contributed by atoms with Crippen LogP contribution >= 0.6 is 0 Å². The monoisotopic (exact) mass is 355 g/mol. The first-order valence-electron chi connectivity index (χ1n) is 8.34. The van der Waals surface area contributed by atoms with Crippen LogP contribution in [0.1, 0.15) is 18.2 Å². The first-order valence-corrected chi connectivity index (χ1v) is 8.34. The van der Waals surface area contributed by atoms with Gasteiger partial charge in [0.15, 0.2) is 11.2 Å². The SMILES string of the molecule is CCn1c(C)cn2c3c(=O)n(Cc4ccc(F)cc4)c(=O)n(C)c3nc12. The zero-order chi connectivity index (χ0) is 18.6. The number of hydrogen-bond donors (Lipinski definition) is 0. The van der Waals surface area contributed by atoms with Crippen LogP contribution in [0.2, 0.25) is 0 Å². The van der Waals surface area contributed by atoms with E-state index in [1.54, 1.807) is 23.6 Å². The summed E-state index contributed by atoms with van der Waals surface area (Å²) in [5, 5.41) is 0. The maximum absolute atomic E-state index is 13.1. The Morgan fingerprint density at radius 2 is 1.81 bits per heavy atom. The largest absolute Gasteiger partial charge is 0.332 e. The van der Waals surface area contributed by atoms with Crippen LogP contribution in [0.15, 0.2) is 40.1 Å². The molecule has 0 radical (unpaired) electrons. The second-order valence-electron chi connectivity index (χ2n) is 6.33. The van der Waals surface area contributed by atoms with Gasteiger partial charge in [-0.25, -0.2) is 9.18 Å². The molecule has 0 amide bonds. The van der Waals surface area contributed by atoms with Crippen molar-refractivity contribution in [1.29, 1.82) is 0 Å². The molecule has 0 bridgehead atoms. The van der Waals surface area contributed by atoms with Crippen LogP contribution in [0.4, 0.5) is 4.39 Å². The molecule has 0 aliphatic rings. The highest BCUT2D eigenvalue weighted by Gasteiger charge is 2.19. The standard InChI is InChI=1S/C18H18FN5O2/c1-4-22-11(2)9-23-14-15(20-17(22)23)21(3)18(26)24(16(14)25)10-12-5-7-13(19)8-6-12/h5-9H,4,10H2,1-3H3. The zero-order valence-corrected chi connectivity index (χ0v) is 14.7. The fourth-order valence-corrected chi connectivity index (χ4v) is 3.36. The molecular formula is C18H18FN5O2. The molecule has 0 fully saturated rings. The van der Waals surface area contributed by atoms with Gasteiger partial charge in [-0.05, 0) is 31.5 Å². The molecule has 3 heterocycles. The van der Waals surface area contributed by atoms with Crippen molar-refractivity contribution in [2.45, 2.75) is 26.9 Å². The number of fused-ring (bicyclic) bond motifs is 3. The Morgan fingerprint density at radius 1 is 1.12 bits per heavy atom. The van der Waals surface area contributed by atoms with Crippen LogP contribution < -0.4 is 11.2 Å². The Hall–Kier alpha value is -3.16. The summed E-state index contributed by atoms with van der Waals surface area (Å²) in [7, 11) is 1.60. The number of benzene rings is 1. The first-order chi connectivity index (χ1) is 12.4. The number of aryl methyl sites for hydroxylation is 3. The first kappa shape index (κ1) is 16.3. The molecule has 0 N–H and O–H groups in total. The smallest absolute Gasteiger partial charge is 0.314 e. The number of nitrogens with zero attached hydrogens (tertiary/aromatic N) is 5. The predicted octanol–water partition coefficient (Wildman–Crippen LogP) is 1.67. The molecule has 26 heavy (non-hydrogen) atoms. The number of hydrogen-bond acceptors (Lipinski definition) is 3. The van der Waals surface area contributed by atoms with Crippen molar-refractivity contribution in [3.05, 3.63) is 68.4 Å². The minimum absolute atomic E-state index is 0.0719. The van der Waals surface area contributed by atoms with Gasteiger partial charge in [0.05, 0.1) is 6.54 Å². The van der Waals surface area contributed by atoms with E-state index in [0.717, 1.165) is 10.3 Å². The van der Waals surface area contributed by atoms with Gasteiger partial charge in [-0.2, -0.15) is 4.98 Å². The second kappa shape index (κ2) is 5.69. The fraction of sp³-hybridized carbons (Fsp3) is 0.278. The highest BCUT2D eigenvalue weighted by molar-refractivity contribution is 5.75. The summed E-state index contributed by atoms with van der Waals surface area (Å²) in [6.45, 7) is 4.73. The Labute approximate surface area is 147 Å². The van der Waals surface area contributed by atoms with Crippen molar-refractivity contribution in [2.75, 3.05) is 0 Å². The van der Waals surface area contributed by atoms with Gasteiger partial charge in [0.2, 0.25) is 5.78 Å². The average molecular weight is 355 g/mol. The van der Waals surface area contributed by atoms with Gasteiger partial charge in [-0.15, -0.1) is 0 Å². The Kier molecular flexibility index (Phi) is 3.57. The molecule has 0 atom stereocenters. The summed E-state index contributed by atoms with van der Waals surface area (Å²) >= 11 is 0. The minimum Gasteiger partial charge on any atom is -0.314 e. The number of halogens is 1. The lowest BCUT2D eigenvalue weighted by Gasteiger charge is -2.08. The summed E-state index contributed by atoms with van der Waals surface area (Å²) in [6.07, 6.45) is 1.85. The van der Waals surface area contributed by atoms with Crippen LogP contribution in [0, 0.1) is 12.7 Å². The molecule has 0 saturated heterocycles. The second-order valence-corrected chi connectivity index (χ2v) is 6.33. The Bertz CT molecular complexity index is 1260. The predicted molar refractivity (Wildman–Crippen MR) is 96.1 cm³/mol. The summed E-state index contributed by atoms with van der Waals surface area (Å²) in [4.78, 5) is 30.3. The quantitative estimate of drug-likeness (QED) is 0.561. The third-order valence-corrected chi connectivity index (χ3v) is 4.71. The molecule has 8 heteroatoms. The fourth-order valence-electron chi connectivity index (χ4n) is 3.36. The van der Waals surface area contributed by atoms with Gasteiger partial charge in [-0.1, -0.05) is 12.1 Å². The third kappa shape index (κ3) is 2.22. The van der Waals surface area contributed by atoms with E-state index in [1.165, 1.54) is 16.7 Å². The van der Waals surface area contributed by atoms with E-state index in [-0.39, 0.29) is 12.4 Å². The lowest BCUT2D eigenvalue weighted by molar-refractivity contribution is 0.623. The summed E-state index contributed by atoms with van der Waals surface area (Å²) in [5.41, 5.74) is 1.51. The van der Waals surface area contributed by atoms with Crippen molar-refractivity contribution in [2.24, 2.45) is 7.05 Å². The molecule has 1 aromatic carbocycles. The maximum atomic E-state index is 13.1. The van der Waals surface area contributed by atoms with Crippen molar-refractivity contribution in [3.63, 3.8) is 0 Å². The molecule has 7 nitrogen and oxygen atoms in total. The van der Waals surface area contributed by atoms with Crippen LogP contribution in [-0.2, 0) is 20.1 Å². The number of rotatable bonds is 3. The molecule has 4 rings (SSSR count). The van der Waals surface area contributed by atoms with E-state index < -0.39 is 11.2 Å². The Balaban J connectivity index is 2.02. The summed E-state index contributed by atoms with van der Waals surface area (Å²) in [6, 6.07) is 5.75. The van der Waals surface area contributed by atoms with Crippen LogP contribution in [0.5, 0.6) is 0 Å². The number of aromatic nitrogens is 5. The van der Waals surface area contributed by atoms with Gasteiger partial charge in [0.1, 0.15) is 5.82 Å². The molecule has 0 saturated carbocycles. The lowest BCUT2D eigenvalue weighted by Crippen LogP contribution is -2.39. The molecule has 134 valence electrons. The van der Waals surface area contributed by atoms with E-state index in [1.807, 2.05) is 24.6 Å². The van der Waals surface area contributed by atoms with Crippen molar-refractivity contribution >= 4 is 16.9 Å². The summed E-state index contributed by atoms with van der Waals surface area (Å²) in [5.74, 6) is 0.268. The zero-order valence-electron chi connectivity index (χ0n) is 14.7. The normalized spacial score (nSPS) is 11.7. The molecule has 0 spiro atoms. The van der Waals surface area contributed by atoms with E-state index >= 15 is 0 Å². The lowest BCUT2D eigenvalue weighted by atomic mass is 10.2. The van der Waals surface area contributed by atoms with Gasteiger partial charge < -0.3 is 4.57 Å². The van der Waals surface area contributed by atoms with Crippen LogP contribution in [0.25, 0.3) is 16.9 Å². The van der Waals surface area contributed by atoms with Gasteiger partial charge in [0, 0.05) is 25.5 Å². The van der Waals surface area contributed by atoms with Crippen LogP contribution in [-0.4, -0.2) is 23.1 Å².